The Morgan fingerprint density at radius 3 is 2.54 bits per heavy atom. The minimum absolute atomic E-state index is 0.0265. The van der Waals surface area contributed by atoms with Crippen molar-refractivity contribution in [3.63, 3.8) is 0 Å². The van der Waals surface area contributed by atoms with Gasteiger partial charge in [0, 0.05) is 23.7 Å². The van der Waals surface area contributed by atoms with E-state index in [0.717, 1.165) is 18.2 Å². The third-order valence-corrected chi connectivity index (χ3v) is 5.15. The van der Waals surface area contributed by atoms with Crippen LogP contribution in [-0.2, 0) is 23.9 Å². The molecule has 3 rings (SSSR count). The highest BCUT2D eigenvalue weighted by Crippen LogP contribution is 2.36. The first-order chi connectivity index (χ1) is 12.1. The number of phenolic OH excluding ortho intramolecular Hbond substituents is 1. The van der Waals surface area contributed by atoms with Crippen LogP contribution in [0.3, 0.4) is 0 Å². The molecule has 2 aromatic heterocycles. The molecular weight excluding hydrogens is 374 g/mol. The summed E-state index contributed by atoms with van der Waals surface area (Å²) in [4.78, 5) is 10.4. The van der Waals surface area contributed by atoms with E-state index in [9.17, 15) is 27.5 Å². The Morgan fingerprint density at radius 2 is 1.96 bits per heavy atom. The Kier molecular flexibility index (Phi) is 4.43. The van der Waals surface area contributed by atoms with Crippen molar-refractivity contribution in [2.75, 3.05) is 0 Å². The SMILES string of the molecule is Cc1c(CC(=O)O)c2cc(O)c(F)cc2n1Cc1csc(C(F)(F)F)c1. The van der Waals surface area contributed by atoms with Crippen LogP contribution in [-0.4, -0.2) is 20.7 Å². The Morgan fingerprint density at radius 1 is 1.27 bits per heavy atom. The van der Waals surface area contributed by atoms with Crippen LogP contribution in [0, 0.1) is 12.7 Å². The number of aromatic hydroxyl groups is 1. The highest BCUT2D eigenvalue weighted by molar-refractivity contribution is 7.10. The maximum Gasteiger partial charge on any atom is 0.425 e. The van der Waals surface area contributed by atoms with E-state index in [1.165, 1.54) is 5.38 Å². The second-order valence-electron chi connectivity index (χ2n) is 5.86. The number of carboxylic acids is 1. The zero-order valence-corrected chi connectivity index (χ0v) is 14.2. The molecule has 1 aromatic carbocycles. The molecule has 26 heavy (non-hydrogen) atoms. The van der Waals surface area contributed by atoms with Gasteiger partial charge in [-0.25, -0.2) is 4.39 Å². The number of nitrogens with zero attached hydrogens (tertiary/aromatic N) is 1. The highest BCUT2D eigenvalue weighted by Gasteiger charge is 2.32. The van der Waals surface area contributed by atoms with Gasteiger partial charge in [-0.2, -0.15) is 13.2 Å². The molecule has 0 aliphatic carbocycles. The van der Waals surface area contributed by atoms with Crippen LogP contribution < -0.4 is 0 Å². The van der Waals surface area contributed by atoms with Crippen molar-refractivity contribution in [2.24, 2.45) is 0 Å². The third-order valence-electron chi connectivity index (χ3n) is 4.12. The molecule has 0 aliphatic heterocycles. The Bertz CT molecular complexity index is 1000. The molecule has 0 fully saturated rings. The lowest BCUT2D eigenvalue weighted by molar-refractivity contribution is -0.136. The van der Waals surface area contributed by atoms with E-state index in [0.29, 0.717) is 39.1 Å². The van der Waals surface area contributed by atoms with Gasteiger partial charge in [0.15, 0.2) is 11.6 Å². The Balaban J connectivity index is 2.13. The van der Waals surface area contributed by atoms with Crippen LogP contribution in [0.25, 0.3) is 10.9 Å². The Hall–Kier alpha value is -2.55. The molecule has 0 aliphatic rings. The molecule has 0 spiro atoms. The van der Waals surface area contributed by atoms with Crippen molar-refractivity contribution >= 4 is 28.2 Å². The molecule has 0 amide bonds. The number of benzene rings is 1. The van der Waals surface area contributed by atoms with Crippen molar-refractivity contribution < 1.29 is 32.6 Å². The van der Waals surface area contributed by atoms with Gasteiger partial charge in [0.1, 0.15) is 4.88 Å². The lowest BCUT2D eigenvalue weighted by Gasteiger charge is -2.08. The Labute approximate surface area is 148 Å². The number of alkyl halides is 3. The number of halogens is 4. The van der Waals surface area contributed by atoms with Gasteiger partial charge in [-0.05, 0) is 35.6 Å². The fourth-order valence-corrected chi connectivity index (χ4v) is 3.70. The van der Waals surface area contributed by atoms with Crippen LogP contribution in [0.5, 0.6) is 5.75 Å². The highest BCUT2D eigenvalue weighted by atomic mass is 32.1. The first-order valence-corrected chi connectivity index (χ1v) is 8.32. The van der Waals surface area contributed by atoms with Crippen molar-refractivity contribution in [1.29, 1.82) is 0 Å². The van der Waals surface area contributed by atoms with Crippen LogP contribution in [0.1, 0.15) is 21.7 Å². The summed E-state index contributed by atoms with van der Waals surface area (Å²) in [5.41, 5.74) is 1.56. The maximum absolute atomic E-state index is 13.8. The molecule has 0 unspecified atom stereocenters. The van der Waals surface area contributed by atoms with Gasteiger partial charge in [-0.15, -0.1) is 11.3 Å². The third kappa shape index (κ3) is 3.26. The molecule has 0 radical (unpaired) electrons. The molecular formula is C17H13F4NO3S. The minimum atomic E-state index is -4.44. The van der Waals surface area contributed by atoms with E-state index in [-0.39, 0.29) is 13.0 Å². The second-order valence-corrected chi connectivity index (χ2v) is 6.77. The van der Waals surface area contributed by atoms with Crippen LogP contribution in [0.15, 0.2) is 23.6 Å². The van der Waals surface area contributed by atoms with E-state index in [1.807, 2.05) is 0 Å². The molecule has 0 saturated carbocycles. The van der Waals surface area contributed by atoms with Gasteiger partial charge in [0.05, 0.1) is 11.9 Å². The summed E-state index contributed by atoms with van der Waals surface area (Å²) in [6.45, 7) is 1.64. The summed E-state index contributed by atoms with van der Waals surface area (Å²) in [5.74, 6) is -2.61. The first kappa shape index (κ1) is 18.2. The number of aliphatic carboxylic acids is 1. The number of hydrogen-bond acceptors (Lipinski definition) is 3. The van der Waals surface area contributed by atoms with Crippen LogP contribution in [0.2, 0.25) is 0 Å². The van der Waals surface area contributed by atoms with Crippen LogP contribution >= 0.6 is 11.3 Å². The second kappa shape index (κ2) is 6.31. The number of aromatic nitrogens is 1. The number of thiophene rings is 1. The maximum atomic E-state index is 13.8. The summed E-state index contributed by atoms with van der Waals surface area (Å²) in [7, 11) is 0. The van der Waals surface area contributed by atoms with E-state index in [2.05, 4.69) is 0 Å². The van der Waals surface area contributed by atoms with Gasteiger partial charge in [-0.1, -0.05) is 0 Å². The molecule has 0 saturated heterocycles. The summed E-state index contributed by atoms with van der Waals surface area (Å²) >= 11 is 0.564. The lowest BCUT2D eigenvalue weighted by Crippen LogP contribution is -2.05. The van der Waals surface area contributed by atoms with E-state index in [4.69, 9.17) is 5.11 Å². The smallest absolute Gasteiger partial charge is 0.425 e. The summed E-state index contributed by atoms with van der Waals surface area (Å²) in [5, 5.41) is 20.4. The van der Waals surface area contributed by atoms with E-state index in [1.54, 1.807) is 11.5 Å². The molecule has 3 aromatic rings. The number of phenols is 1. The van der Waals surface area contributed by atoms with Gasteiger partial charge >= 0.3 is 12.1 Å². The number of carbonyl (C=O) groups is 1. The monoisotopic (exact) mass is 387 g/mol. The first-order valence-electron chi connectivity index (χ1n) is 7.44. The van der Waals surface area contributed by atoms with Crippen molar-refractivity contribution in [3.05, 3.63) is 51.1 Å². The summed E-state index contributed by atoms with van der Waals surface area (Å²) < 4.78 is 53.7. The zero-order chi connectivity index (χ0) is 19.2. The fraction of sp³-hybridized carbons (Fsp3) is 0.235. The quantitative estimate of drug-likeness (QED) is 0.646. The standard InChI is InChI=1S/C17H13F4NO3S/c1-8-10(4-16(24)25)11-3-14(23)12(18)5-13(11)22(8)6-9-2-15(26-7-9)17(19,20)21/h2-3,5,7,23H,4,6H2,1H3,(H,24,25). The molecule has 138 valence electrons. The van der Waals surface area contributed by atoms with Crippen LogP contribution in [0.4, 0.5) is 17.6 Å². The molecule has 4 nitrogen and oxygen atoms in total. The van der Waals surface area contributed by atoms with Gasteiger partial charge in [-0.3, -0.25) is 4.79 Å². The average Bonchev–Trinajstić information content (AvgIpc) is 3.08. The van der Waals surface area contributed by atoms with Gasteiger partial charge in [0.25, 0.3) is 0 Å². The molecule has 0 atom stereocenters. The topological polar surface area (TPSA) is 62.5 Å². The fourth-order valence-electron chi connectivity index (χ4n) is 2.92. The average molecular weight is 387 g/mol. The van der Waals surface area contributed by atoms with Gasteiger partial charge < -0.3 is 14.8 Å². The minimum Gasteiger partial charge on any atom is -0.505 e. The predicted molar refractivity (Wildman–Crippen MR) is 88.1 cm³/mol. The van der Waals surface area contributed by atoms with E-state index < -0.39 is 28.6 Å². The number of fused-ring (bicyclic) bond motifs is 1. The van der Waals surface area contributed by atoms with E-state index >= 15 is 0 Å². The largest absolute Gasteiger partial charge is 0.505 e. The number of hydrogen-bond donors (Lipinski definition) is 2. The normalized spacial score (nSPS) is 12.0. The summed E-state index contributed by atoms with van der Waals surface area (Å²) in [6, 6.07) is 3.21. The predicted octanol–water partition coefficient (Wildman–Crippen LogP) is 4.55. The molecule has 2 heterocycles. The summed E-state index contributed by atoms with van der Waals surface area (Å²) in [6.07, 6.45) is -4.79. The molecule has 0 bridgehead atoms. The number of rotatable bonds is 4. The van der Waals surface area contributed by atoms with Crippen molar-refractivity contribution in [3.8, 4) is 5.75 Å². The van der Waals surface area contributed by atoms with Crippen molar-refractivity contribution in [1.82, 2.24) is 4.57 Å². The van der Waals surface area contributed by atoms with Crippen molar-refractivity contribution in [2.45, 2.75) is 26.1 Å². The molecule has 9 heteroatoms. The zero-order valence-electron chi connectivity index (χ0n) is 13.4. The molecule has 2 N–H and O–H groups in total. The number of carboxylic acid groups (broad SMARTS) is 1. The lowest BCUT2D eigenvalue weighted by atomic mass is 10.1. The van der Waals surface area contributed by atoms with Gasteiger partial charge in [0.2, 0.25) is 0 Å².